The van der Waals surface area contributed by atoms with Crippen LogP contribution in [-0.4, -0.2) is 0 Å². The Morgan fingerprint density at radius 2 is 1.64 bits per heavy atom. The molecule has 0 saturated heterocycles. The number of nitrogens with zero attached hydrogens (tertiary/aromatic N) is 1. The van der Waals surface area contributed by atoms with E-state index in [1.165, 1.54) is 70.1 Å². The maximum absolute atomic E-state index is 2.42. The maximum Gasteiger partial charge on any atom is 0.213 e. The number of benzene rings is 2. The quantitative estimate of drug-likeness (QED) is 0.514. The molecule has 0 bridgehead atoms. The fraction of sp³-hybridized carbons (Fsp3) is 0.375. The number of pyridine rings is 1. The van der Waals surface area contributed by atoms with Crippen LogP contribution < -0.4 is 4.57 Å². The van der Waals surface area contributed by atoms with Gasteiger partial charge in [0.15, 0.2) is 0 Å². The van der Waals surface area contributed by atoms with Crippen molar-refractivity contribution in [2.45, 2.75) is 52.4 Å². The summed E-state index contributed by atoms with van der Waals surface area (Å²) in [6.45, 7) is 6.63. The van der Waals surface area contributed by atoms with Crippen LogP contribution in [0.4, 0.5) is 0 Å². The van der Waals surface area contributed by atoms with Crippen molar-refractivity contribution >= 4 is 10.9 Å². The Balaban J connectivity index is 1.85. The first-order valence-corrected chi connectivity index (χ1v) is 9.55. The normalized spacial score (nSPS) is 15.2. The summed E-state index contributed by atoms with van der Waals surface area (Å²) in [7, 11) is 2.20. The van der Waals surface area contributed by atoms with Crippen LogP contribution in [0.1, 0.15) is 53.9 Å². The fourth-order valence-electron chi connectivity index (χ4n) is 4.51. The van der Waals surface area contributed by atoms with Gasteiger partial charge in [0.05, 0.1) is 0 Å². The van der Waals surface area contributed by atoms with Gasteiger partial charge in [-0.1, -0.05) is 30.5 Å². The zero-order valence-electron chi connectivity index (χ0n) is 15.9. The minimum Gasteiger partial charge on any atom is -0.194 e. The first-order chi connectivity index (χ1) is 12.0. The van der Waals surface area contributed by atoms with E-state index in [0.717, 1.165) is 5.92 Å². The molecule has 0 atom stereocenters. The highest BCUT2D eigenvalue weighted by molar-refractivity contribution is 5.79. The molecule has 25 heavy (non-hydrogen) atoms. The molecule has 1 aliphatic carbocycles. The molecule has 1 heteroatoms. The number of hydrogen-bond acceptors (Lipinski definition) is 0. The minimum absolute atomic E-state index is 0.774. The summed E-state index contributed by atoms with van der Waals surface area (Å²) >= 11 is 0. The maximum atomic E-state index is 2.42. The lowest BCUT2D eigenvalue weighted by atomic mass is 9.94. The second kappa shape index (κ2) is 6.29. The van der Waals surface area contributed by atoms with Crippen LogP contribution in [0.2, 0.25) is 0 Å². The minimum atomic E-state index is 0.774. The van der Waals surface area contributed by atoms with Crippen molar-refractivity contribution in [3.05, 3.63) is 64.7 Å². The van der Waals surface area contributed by atoms with Crippen molar-refractivity contribution in [2.75, 3.05) is 0 Å². The van der Waals surface area contributed by atoms with Gasteiger partial charge >= 0.3 is 0 Å². The van der Waals surface area contributed by atoms with E-state index in [9.17, 15) is 0 Å². The zero-order valence-corrected chi connectivity index (χ0v) is 15.9. The second-order valence-electron chi connectivity index (χ2n) is 7.83. The first-order valence-electron chi connectivity index (χ1n) is 9.55. The Bertz CT molecular complexity index is 946. The van der Waals surface area contributed by atoms with Crippen LogP contribution in [0.5, 0.6) is 0 Å². The van der Waals surface area contributed by atoms with E-state index in [1.807, 2.05) is 0 Å². The molecule has 1 aromatic heterocycles. The third-order valence-electron chi connectivity index (χ3n) is 6.11. The Morgan fingerprint density at radius 1 is 0.880 bits per heavy atom. The molecule has 0 aliphatic heterocycles. The predicted octanol–water partition coefficient (Wildman–Crippen LogP) is 5.91. The lowest BCUT2D eigenvalue weighted by Gasteiger charge is -2.12. The van der Waals surface area contributed by atoms with Gasteiger partial charge in [-0.15, -0.1) is 0 Å². The van der Waals surface area contributed by atoms with Crippen LogP contribution in [0.3, 0.4) is 0 Å². The smallest absolute Gasteiger partial charge is 0.194 e. The SMILES string of the molecule is Cc1cc(C)c(C)c(-c2ccc3cc(C4CCCC4)ccc3[n+]2C)c1. The van der Waals surface area contributed by atoms with Crippen LogP contribution in [0.25, 0.3) is 22.2 Å². The monoisotopic (exact) mass is 330 g/mol. The van der Waals surface area contributed by atoms with Crippen molar-refractivity contribution in [1.29, 1.82) is 0 Å². The third kappa shape index (κ3) is 2.86. The van der Waals surface area contributed by atoms with Gasteiger partial charge in [0, 0.05) is 23.1 Å². The summed E-state index contributed by atoms with van der Waals surface area (Å²) in [5.41, 5.74) is 9.56. The molecule has 1 nitrogen and oxygen atoms in total. The van der Waals surface area contributed by atoms with Gasteiger partial charge in [0.1, 0.15) is 7.05 Å². The van der Waals surface area contributed by atoms with Crippen LogP contribution in [0.15, 0.2) is 42.5 Å². The standard InChI is InChI=1S/C24H28N/c1-16-13-17(2)18(3)22(14-16)24-12-10-21-15-20(19-7-5-6-8-19)9-11-23(21)25(24)4/h9-15,19H,5-8H2,1-4H3/q+1. The van der Waals surface area contributed by atoms with Gasteiger partial charge in [-0.05, 0) is 74.4 Å². The predicted molar refractivity (Wildman–Crippen MR) is 106 cm³/mol. The molecule has 1 fully saturated rings. The summed E-state index contributed by atoms with van der Waals surface area (Å²) in [6, 6.07) is 16.3. The summed E-state index contributed by atoms with van der Waals surface area (Å²) in [5, 5.41) is 1.36. The summed E-state index contributed by atoms with van der Waals surface area (Å²) in [4.78, 5) is 0. The van der Waals surface area contributed by atoms with Gasteiger partial charge in [0.25, 0.3) is 0 Å². The number of fused-ring (bicyclic) bond motifs is 1. The Morgan fingerprint density at radius 3 is 2.40 bits per heavy atom. The lowest BCUT2D eigenvalue weighted by molar-refractivity contribution is -0.633. The summed E-state index contributed by atoms with van der Waals surface area (Å²) in [5.74, 6) is 0.774. The highest BCUT2D eigenvalue weighted by atomic mass is 14.9. The van der Waals surface area contributed by atoms with E-state index in [4.69, 9.17) is 0 Å². The molecule has 1 aliphatic rings. The Hall–Kier alpha value is -2.15. The molecule has 1 heterocycles. The zero-order chi connectivity index (χ0) is 17.6. The number of hydrogen-bond donors (Lipinski definition) is 0. The Labute approximate surface area is 151 Å². The molecule has 2 aromatic carbocycles. The number of aromatic nitrogens is 1. The average molecular weight is 330 g/mol. The molecule has 0 spiro atoms. The number of aryl methyl sites for hydroxylation is 3. The van der Waals surface area contributed by atoms with Crippen LogP contribution in [0, 0.1) is 20.8 Å². The molecule has 0 N–H and O–H groups in total. The van der Waals surface area contributed by atoms with Gasteiger partial charge in [-0.2, -0.15) is 4.57 Å². The van der Waals surface area contributed by atoms with Gasteiger partial charge in [-0.25, -0.2) is 0 Å². The topological polar surface area (TPSA) is 3.88 Å². The van der Waals surface area contributed by atoms with Crippen molar-refractivity contribution in [3.63, 3.8) is 0 Å². The van der Waals surface area contributed by atoms with Crippen molar-refractivity contribution in [1.82, 2.24) is 0 Å². The van der Waals surface area contributed by atoms with E-state index in [-0.39, 0.29) is 0 Å². The molecular weight excluding hydrogens is 302 g/mol. The van der Waals surface area contributed by atoms with Gasteiger partial charge in [0.2, 0.25) is 11.2 Å². The third-order valence-corrected chi connectivity index (χ3v) is 6.11. The van der Waals surface area contributed by atoms with Gasteiger partial charge < -0.3 is 0 Å². The van der Waals surface area contributed by atoms with Crippen LogP contribution in [-0.2, 0) is 7.05 Å². The molecule has 128 valence electrons. The van der Waals surface area contributed by atoms with E-state index in [0.29, 0.717) is 0 Å². The van der Waals surface area contributed by atoms with Crippen molar-refractivity contribution < 1.29 is 4.57 Å². The highest BCUT2D eigenvalue weighted by Crippen LogP contribution is 2.35. The molecular formula is C24H28N+. The highest BCUT2D eigenvalue weighted by Gasteiger charge is 2.20. The first kappa shape index (κ1) is 16.3. The summed E-state index contributed by atoms with van der Waals surface area (Å²) < 4.78 is 2.36. The molecule has 0 radical (unpaired) electrons. The fourth-order valence-corrected chi connectivity index (χ4v) is 4.51. The lowest BCUT2D eigenvalue weighted by Crippen LogP contribution is -2.32. The second-order valence-corrected chi connectivity index (χ2v) is 7.83. The molecule has 0 unspecified atom stereocenters. The Kier molecular flexibility index (Phi) is 4.11. The van der Waals surface area contributed by atoms with E-state index < -0.39 is 0 Å². The van der Waals surface area contributed by atoms with Crippen molar-refractivity contribution in [3.8, 4) is 11.3 Å². The molecule has 0 amide bonds. The van der Waals surface area contributed by atoms with Gasteiger partial charge in [-0.3, -0.25) is 0 Å². The number of rotatable bonds is 2. The van der Waals surface area contributed by atoms with E-state index in [2.05, 4.69) is 74.9 Å². The summed E-state index contributed by atoms with van der Waals surface area (Å²) in [6.07, 6.45) is 5.50. The molecule has 1 saturated carbocycles. The van der Waals surface area contributed by atoms with Crippen molar-refractivity contribution in [2.24, 2.45) is 7.05 Å². The molecule has 3 aromatic rings. The molecule has 4 rings (SSSR count). The average Bonchev–Trinajstić information content (AvgIpc) is 3.13. The van der Waals surface area contributed by atoms with E-state index >= 15 is 0 Å². The van der Waals surface area contributed by atoms with E-state index in [1.54, 1.807) is 0 Å². The largest absolute Gasteiger partial charge is 0.213 e. The van der Waals surface area contributed by atoms with Crippen LogP contribution >= 0.6 is 0 Å².